The van der Waals surface area contributed by atoms with E-state index in [-0.39, 0.29) is 0 Å². The molecule has 2 heterocycles. The summed E-state index contributed by atoms with van der Waals surface area (Å²) in [5, 5.41) is 5.50. The molecule has 1 fully saturated rings. The quantitative estimate of drug-likeness (QED) is 0.285. The number of morpholine rings is 1. The predicted octanol–water partition coefficient (Wildman–Crippen LogP) is 5.08. The minimum Gasteiger partial charge on any atom is -0.492 e. The van der Waals surface area contributed by atoms with Gasteiger partial charge in [0, 0.05) is 47.6 Å². The molecule has 0 saturated carbocycles. The Labute approximate surface area is 209 Å². The van der Waals surface area contributed by atoms with E-state index in [9.17, 15) is 0 Å². The number of oxime groups is 1. The van der Waals surface area contributed by atoms with E-state index >= 15 is 0 Å². The maximum absolute atomic E-state index is 6.44. The van der Waals surface area contributed by atoms with Gasteiger partial charge in [-0.05, 0) is 48.9 Å². The highest BCUT2D eigenvalue weighted by Gasteiger charge is 2.18. The van der Waals surface area contributed by atoms with Crippen molar-refractivity contribution >= 4 is 28.9 Å². The number of hydrogen-bond acceptors (Lipinski definition) is 6. The van der Waals surface area contributed by atoms with Crippen LogP contribution in [0.25, 0.3) is 0 Å². The molecule has 1 aliphatic heterocycles. The van der Waals surface area contributed by atoms with E-state index < -0.39 is 6.10 Å². The molecule has 2 aromatic carbocycles. The first kappa shape index (κ1) is 24.5. The number of benzene rings is 2. The van der Waals surface area contributed by atoms with Crippen LogP contribution in [0.5, 0.6) is 5.75 Å². The minimum absolute atomic E-state index is 0.406. The second-order valence-corrected chi connectivity index (χ2v) is 8.87. The fraction of sp³-hybridized carbons (Fsp3) is 0.360. The van der Waals surface area contributed by atoms with E-state index in [1.165, 1.54) is 0 Å². The highest BCUT2D eigenvalue weighted by molar-refractivity contribution is 6.35. The van der Waals surface area contributed by atoms with Crippen LogP contribution >= 0.6 is 23.2 Å². The van der Waals surface area contributed by atoms with Gasteiger partial charge in [0.1, 0.15) is 12.4 Å². The van der Waals surface area contributed by atoms with Gasteiger partial charge >= 0.3 is 0 Å². The van der Waals surface area contributed by atoms with Crippen molar-refractivity contribution in [3.8, 4) is 5.75 Å². The van der Waals surface area contributed by atoms with Crippen LogP contribution in [0.1, 0.15) is 24.2 Å². The Morgan fingerprint density at radius 3 is 2.65 bits per heavy atom. The van der Waals surface area contributed by atoms with E-state index in [0.717, 1.165) is 55.4 Å². The fourth-order valence-electron chi connectivity index (χ4n) is 3.64. The lowest BCUT2D eigenvalue weighted by Gasteiger charge is -2.26. The van der Waals surface area contributed by atoms with Gasteiger partial charge in [0.25, 0.3) is 0 Å². The van der Waals surface area contributed by atoms with Crippen molar-refractivity contribution < 1.29 is 14.3 Å². The molecule has 4 rings (SSSR count). The van der Waals surface area contributed by atoms with E-state index in [1.807, 2.05) is 48.0 Å². The predicted molar refractivity (Wildman–Crippen MR) is 134 cm³/mol. The third-order valence-electron chi connectivity index (χ3n) is 5.61. The molecule has 0 aliphatic carbocycles. The number of nitrogens with zero attached hydrogens (tertiary/aromatic N) is 4. The highest BCUT2D eigenvalue weighted by atomic mass is 35.5. The van der Waals surface area contributed by atoms with Crippen molar-refractivity contribution in [2.45, 2.75) is 19.6 Å². The molecule has 1 atom stereocenters. The Morgan fingerprint density at radius 1 is 1.15 bits per heavy atom. The first-order valence-electron chi connectivity index (χ1n) is 11.2. The summed E-state index contributed by atoms with van der Waals surface area (Å²) in [5.41, 5.74) is 2.50. The van der Waals surface area contributed by atoms with Crippen LogP contribution in [0.2, 0.25) is 10.0 Å². The molecular weight excluding hydrogens is 475 g/mol. The number of ether oxygens (including phenoxy) is 2. The largest absolute Gasteiger partial charge is 0.492 e. The minimum atomic E-state index is -0.406. The van der Waals surface area contributed by atoms with Crippen molar-refractivity contribution in [2.75, 3.05) is 39.5 Å². The van der Waals surface area contributed by atoms with Crippen LogP contribution in [-0.4, -0.2) is 59.6 Å². The third-order valence-corrected chi connectivity index (χ3v) is 6.18. The van der Waals surface area contributed by atoms with Crippen molar-refractivity contribution in [1.82, 2.24) is 14.5 Å². The third kappa shape index (κ3) is 6.96. The van der Waals surface area contributed by atoms with Gasteiger partial charge in [0.05, 0.1) is 31.8 Å². The summed E-state index contributed by atoms with van der Waals surface area (Å²) in [6.07, 6.45) is 4.92. The molecule has 1 aromatic heterocycles. The number of hydrogen-bond donors (Lipinski definition) is 0. The molecule has 1 saturated heterocycles. The van der Waals surface area contributed by atoms with Crippen molar-refractivity contribution in [2.24, 2.45) is 5.16 Å². The molecule has 1 aliphatic rings. The summed E-state index contributed by atoms with van der Waals surface area (Å²) < 4.78 is 13.2. The van der Waals surface area contributed by atoms with Crippen LogP contribution in [0.4, 0.5) is 0 Å². The maximum atomic E-state index is 6.44. The topological polar surface area (TPSA) is 61.1 Å². The Bertz CT molecular complexity index is 1070. The summed E-state index contributed by atoms with van der Waals surface area (Å²) in [5.74, 6) is 0.830. The highest BCUT2D eigenvalue weighted by Crippen LogP contribution is 2.30. The van der Waals surface area contributed by atoms with Crippen LogP contribution in [-0.2, 0) is 16.1 Å². The summed E-state index contributed by atoms with van der Waals surface area (Å²) in [6, 6.07) is 13.2. The Hall–Kier alpha value is -2.58. The number of halogens is 2. The van der Waals surface area contributed by atoms with Crippen molar-refractivity contribution in [3.05, 3.63) is 82.4 Å². The van der Waals surface area contributed by atoms with Crippen molar-refractivity contribution in [3.63, 3.8) is 0 Å². The molecule has 180 valence electrons. The monoisotopic (exact) mass is 502 g/mol. The SMILES string of the molecule is C/C(=N\OC(Cn1ccnc1)c1ccc(Cl)cc1Cl)c1ccc(OCCN2CCOCC2)cc1. The van der Waals surface area contributed by atoms with E-state index in [2.05, 4.69) is 15.0 Å². The summed E-state index contributed by atoms with van der Waals surface area (Å²) in [4.78, 5) is 12.4. The molecular formula is C25H28Cl2N4O3. The standard InChI is InChI=1S/C25H28Cl2N4O3/c1-19(20-2-5-22(6-3-20)33-15-12-30-10-13-32-14-11-30)29-34-25(17-31-9-8-28-18-31)23-7-4-21(26)16-24(23)27/h2-9,16,18,25H,10-15,17H2,1H3/b29-19+. The van der Waals surface area contributed by atoms with E-state index in [4.69, 9.17) is 37.5 Å². The Kier molecular flexibility index (Phi) is 8.82. The molecule has 34 heavy (non-hydrogen) atoms. The molecule has 0 N–H and O–H groups in total. The molecule has 0 amide bonds. The average Bonchev–Trinajstić information content (AvgIpc) is 3.36. The van der Waals surface area contributed by atoms with Gasteiger partial charge in [-0.15, -0.1) is 0 Å². The average molecular weight is 503 g/mol. The first-order valence-corrected chi connectivity index (χ1v) is 12.0. The second-order valence-electron chi connectivity index (χ2n) is 8.02. The van der Waals surface area contributed by atoms with Crippen LogP contribution in [0, 0.1) is 0 Å². The molecule has 0 bridgehead atoms. The first-order chi connectivity index (χ1) is 16.6. The molecule has 1 unspecified atom stereocenters. The normalized spacial score (nSPS) is 15.8. The molecule has 0 spiro atoms. The van der Waals surface area contributed by atoms with Gasteiger partial charge in [-0.25, -0.2) is 4.98 Å². The van der Waals surface area contributed by atoms with Gasteiger partial charge in [-0.2, -0.15) is 0 Å². The molecule has 3 aromatic rings. The van der Waals surface area contributed by atoms with Gasteiger partial charge in [-0.1, -0.05) is 34.4 Å². The lowest BCUT2D eigenvalue weighted by molar-refractivity contribution is 0.0322. The van der Waals surface area contributed by atoms with Gasteiger partial charge < -0.3 is 18.9 Å². The fourth-order valence-corrected chi connectivity index (χ4v) is 4.17. The molecule has 7 nitrogen and oxygen atoms in total. The van der Waals surface area contributed by atoms with Crippen molar-refractivity contribution in [1.29, 1.82) is 0 Å². The number of aromatic nitrogens is 2. The maximum Gasteiger partial charge on any atom is 0.171 e. The van der Waals surface area contributed by atoms with E-state index in [0.29, 0.717) is 23.2 Å². The van der Waals surface area contributed by atoms with Gasteiger partial charge in [0.15, 0.2) is 6.10 Å². The second kappa shape index (κ2) is 12.2. The summed E-state index contributed by atoms with van der Waals surface area (Å²) >= 11 is 12.5. The zero-order chi connectivity index (χ0) is 23.8. The Balaban J connectivity index is 1.38. The zero-order valence-corrected chi connectivity index (χ0v) is 20.6. The zero-order valence-electron chi connectivity index (χ0n) is 19.1. The Morgan fingerprint density at radius 2 is 1.94 bits per heavy atom. The number of imidazole rings is 1. The summed E-state index contributed by atoms with van der Waals surface area (Å²) in [7, 11) is 0. The lowest BCUT2D eigenvalue weighted by atomic mass is 10.1. The van der Waals surface area contributed by atoms with Gasteiger partial charge in [-0.3, -0.25) is 4.90 Å². The number of rotatable bonds is 10. The molecule has 9 heteroatoms. The smallest absolute Gasteiger partial charge is 0.171 e. The van der Waals surface area contributed by atoms with Crippen LogP contribution in [0.3, 0.4) is 0 Å². The summed E-state index contributed by atoms with van der Waals surface area (Å²) in [6.45, 7) is 7.46. The molecule has 0 radical (unpaired) electrons. The lowest BCUT2D eigenvalue weighted by Crippen LogP contribution is -2.38. The van der Waals surface area contributed by atoms with Crippen LogP contribution in [0.15, 0.2) is 66.3 Å². The van der Waals surface area contributed by atoms with E-state index in [1.54, 1.807) is 24.7 Å². The van der Waals surface area contributed by atoms with Crippen LogP contribution < -0.4 is 4.74 Å². The van der Waals surface area contributed by atoms with Gasteiger partial charge in [0.2, 0.25) is 0 Å².